The molecule has 0 unspecified atom stereocenters. The average molecular weight is 557 g/mol. The van der Waals surface area contributed by atoms with Crippen molar-refractivity contribution in [3.63, 3.8) is 0 Å². The lowest BCUT2D eigenvalue weighted by Gasteiger charge is -2.38. The second-order valence-electron chi connectivity index (χ2n) is 10.0. The summed E-state index contributed by atoms with van der Waals surface area (Å²) in [4.78, 5) is 15.8. The van der Waals surface area contributed by atoms with Crippen molar-refractivity contribution in [2.75, 3.05) is 18.0 Å². The van der Waals surface area contributed by atoms with Crippen LogP contribution in [-0.4, -0.2) is 34.1 Å². The van der Waals surface area contributed by atoms with Crippen LogP contribution >= 0.6 is 12.1 Å². The van der Waals surface area contributed by atoms with Gasteiger partial charge in [0.15, 0.2) is 0 Å². The highest BCUT2D eigenvalue weighted by Gasteiger charge is 2.26. The molecule has 2 aromatic heterocycles. The molecule has 0 aliphatic carbocycles. The van der Waals surface area contributed by atoms with Gasteiger partial charge in [-0.3, -0.25) is 4.98 Å². The number of halogens is 1. The third kappa shape index (κ3) is 6.58. The Bertz CT molecular complexity index is 1570. The maximum atomic E-state index is 14.5. The number of anilines is 1. The molecule has 1 saturated heterocycles. The van der Waals surface area contributed by atoms with Crippen LogP contribution in [0.5, 0.6) is 5.75 Å². The number of aromatic nitrogens is 3. The van der Waals surface area contributed by atoms with Gasteiger partial charge in [-0.2, -0.15) is 9.15 Å². The minimum absolute atomic E-state index is 0.159. The van der Waals surface area contributed by atoms with E-state index < -0.39 is 0 Å². The van der Waals surface area contributed by atoms with E-state index in [2.05, 4.69) is 38.6 Å². The molecule has 0 atom stereocenters. The number of benzene rings is 1. The number of nitriles is 1. The summed E-state index contributed by atoms with van der Waals surface area (Å²) >= 11 is 0.259. The first-order valence-electron chi connectivity index (χ1n) is 13.1. The highest BCUT2D eigenvalue weighted by Crippen LogP contribution is 2.37. The van der Waals surface area contributed by atoms with Crippen molar-refractivity contribution in [2.24, 2.45) is 5.73 Å². The van der Waals surface area contributed by atoms with E-state index in [0.717, 1.165) is 64.1 Å². The van der Waals surface area contributed by atoms with Crippen molar-refractivity contribution in [1.29, 1.82) is 5.26 Å². The zero-order valence-electron chi connectivity index (χ0n) is 23.2. The van der Waals surface area contributed by atoms with Crippen LogP contribution < -0.4 is 15.4 Å². The Morgan fingerprint density at radius 3 is 2.67 bits per heavy atom. The molecule has 1 fully saturated rings. The molecule has 1 aromatic carbocycles. The largest absolute Gasteiger partial charge is 0.456 e. The summed E-state index contributed by atoms with van der Waals surface area (Å²) in [6.07, 6.45) is 7.68. The lowest BCUT2D eigenvalue weighted by molar-refractivity contribution is 0.444. The first kappa shape index (κ1) is 29.0. The zero-order chi connectivity index (χ0) is 28.8. The lowest BCUT2D eigenvalue weighted by Crippen LogP contribution is -2.56. The van der Waals surface area contributed by atoms with Gasteiger partial charge >= 0.3 is 0 Å². The number of hydrogen-bond donors (Lipinski definition) is 1. The van der Waals surface area contributed by atoms with Crippen LogP contribution in [-0.2, 0) is 6.42 Å². The van der Waals surface area contributed by atoms with E-state index in [1.54, 1.807) is 18.5 Å². The van der Waals surface area contributed by atoms with Crippen LogP contribution in [0.15, 0.2) is 88.6 Å². The maximum Gasteiger partial charge on any atom is 0.146 e. The van der Waals surface area contributed by atoms with Crippen molar-refractivity contribution < 1.29 is 8.62 Å². The average Bonchev–Trinajstić information content (AvgIpc) is 2.93. The van der Waals surface area contributed by atoms with Gasteiger partial charge in [-0.25, -0.2) is 9.97 Å². The Balaban J connectivity index is 1.70. The predicted octanol–water partition coefficient (Wildman–Crippen LogP) is 6.74. The van der Waals surface area contributed by atoms with Crippen LogP contribution in [0.25, 0.3) is 10.9 Å². The van der Waals surface area contributed by atoms with Crippen LogP contribution in [0.4, 0.5) is 9.70 Å². The van der Waals surface area contributed by atoms with Gasteiger partial charge in [-0.05, 0) is 68.5 Å². The molecule has 2 N–H and O–H groups in total. The standard InChI is InChI=1S/C31H33FN6OS/c1-6-19(2)30(40-32)29(20(3)9-22(5)39-26-11-24(13-33)14-35-15-26)21(4)10-23-7-8-28-27(12-23)31(37-18-36-28)38-16-25(34)17-38/h7-9,11-12,14-15,18,25H,5-6,10,16-17,34H2,1-4H3/b20-9-,29-21-,30-19-. The van der Waals surface area contributed by atoms with Gasteiger partial charge in [0.05, 0.1) is 29.4 Å². The molecule has 0 amide bonds. The second kappa shape index (κ2) is 12.9. The fourth-order valence-electron chi connectivity index (χ4n) is 4.75. The molecule has 0 radical (unpaired) electrons. The molecule has 7 nitrogen and oxygen atoms in total. The Kier molecular flexibility index (Phi) is 9.35. The van der Waals surface area contributed by atoms with E-state index in [1.165, 1.54) is 12.4 Å². The molecule has 1 aliphatic rings. The Morgan fingerprint density at radius 1 is 1.23 bits per heavy atom. The summed E-state index contributed by atoms with van der Waals surface area (Å²) < 4.78 is 20.3. The Morgan fingerprint density at radius 2 is 2.00 bits per heavy atom. The topological polar surface area (TPSA) is 101 Å². The van der Waals surface area contributed by atoms with E-state index in [-0.39, 0.29) is 18.2 Å². The van der Waals surface area contributed by atoms with E-state index in [4.69, 9.17) is 15.7 Å². The third-order valence-electron chi connectivity index (χ3n) is 6.87. The van der Waals surface area contributed by atoms with Crippen molar-refractivity contribution in [3.05, 3.63) is 99.7 Å². The smallest absolute Gasteiger partial charge is 0.146 e. The quantitative estimate of drug-likeness (QED) is 0.216. The van der Waals surface area contributed by atoms with Gasteiger partial charge in [-0.15, -0.1) is 0 Å². The number of nitrogens with zero attached hydrogens (tertiary/aromatic N) is 5. The molecule has 0 spiro atoms. The molecule has 0 bridgehead atoms. The summed E-state index contributed by atoms with van der Waals surface area (Å²) in [6.45, 7) is 13.5. The number of ether oxygens (including phenoxy) is 1. The van der Waals surface area contributed by atoms with Crippen LogP contribution in [0, 0.1) is 11.3 Å². The minimum atomic E-state index is 0.159. The number of hydrogen-bond acceptors (Lipinski definition) is 8. The summed E-state index contributed by atoms with van der Waals surface area (Å²) in [5.74, 6) is 1.65. The fraction of sp³-hybridized carbons (Fsp3) is 0.290. The molecule has 0 saturated carbocycles. The molecule has 3 heterocycles. The highest BCUT2D eigenvalue weighted by atomic mass is 32.2. The van der Waals surface area contributed by atoms with Crippen LogP contribution in [0.1, 0.15) is 45.2 Å². The molecule has 9 heteroatoms. The van der Waals surface area contributed by atoms with Gasteiger partial charge in [0, 0.05) is 41.7 Å². The molecular weight excluding hydrogens is 523 g/mol. The first-order valence-corrected chi connectivity index (χ1v) is 13.8. The number of allylic oxidation sites excluding steroid dienone is 5. The van der Waals surface area contributed by atoms with E-state index in [0.29, 0.717) is 28.4 Å². The molecule has 206 valence electrons. The SMILES string of the molecule is C=C(\C=C(C)/C(=C(\C)Cc1ccc2ncnc(N3CC(N)C3)c2c1)C(/SF)=C(\C)CC)Oc1cncc(C#N)c1. The van der Waals surface area contributed by atoms with E-state index >= 15 is 0 Å². The highest BCUT2D eigenvalue weighted by molar-refractivity contribution is 7.98. The zero-order valence-corrected chi connectivity index (χ0v) is 24.1. The van der Waals surface area contributed by atoms with Gasteiger partial charge in [0.2, 0.25) is 0 Å². The summed E-state index contributed by atoms with van der Waals surface area (Å²) in [7, 11) is 0. The summed E-state index contributed by atoms with van der Waals surface area (Å²) in [5.41, 5.74) is 11.9. The van der Waals surface area contributed by atoms with Gasteiger partial charge in [-0.1, -0.05) is 30.7 Å². The summed E-state index contributed by atoms with van der Waals surface area (Å²) in [5, 5.41) is 10.1. The predicted molar refractivity (Wildman–Crippen MR) is 160 cm³/mol. The normalized spacial score (nSPS) is 15.2. The Hall–Kier alpha value is -4.00. The van der Waals surface area contributed by atoms with Gasteiger partial charge in [0.1, 0.15) is 29.7 Å². The second-order valence-corrected chi connectivity index (χ2v) is 10.6. The van der Waals surface area contributed by atoms with Gasteiger partial charge < -0.3 is 15.4 Å². The molecule has 3 aromatic rings. The molecular formula is C31H33FN6OS. The molecule has 4 rings (SSSR count). The first-order chi connectivity index (χ1) is 19.2. The maximum absolute atomic E-state index is 14.5. The van der Waals surface area contributed by atoms with E-state index in [1.807, 2.05) is 39.8 Å². The monoisotopic (exact) mass is 556 g/mol. The number of fused-ring (bicyclic) bond motifs is 1. The molecule has 40 heavy (non-hydrogen) atoms. The van der Waals surface area contributed by atoms with Gasteiger partial charge in [0.25, 0.3) is 0 Å². The van der Waals surface area contributed by atoms with Crippen LogP contribution in [0.3, 0.4) is 0 Å². The summed E-state index contributed by atoms with van der Waals surface area (Å²) in [6, 6.07) is 9.97. The fourth-order valence-corrected chi connectivity index (χ4v) is 5.44. The van der Waals surface area contributed by atoms with E-state index in [9.17, 15) is 3.89 Å². The van der Waals surface area contributed by atoms with Crippen molar-refractivity contribution in [2.45, 2.75) is 46.6 Å². The third-order valence-corrected chi connectivity index (χ3v) is 7.58. The Labute approximate surface area is 239 Å². The lowest BCUT2D eigenvalue weighted by atomic mass is 9.93. The van der Waals surface area contributed by atoms with Crippen molar-refractivity contribution in [1.82, 2.24) is 15.0 Å². The van der Waals surface area contributed by atoms with Crippen molar-refractivity contribution >= 4 is 28.9 Å². The number of pyridine rings is 1. The van der Waals surface area contributed by atoms with Crippen LogP contribution in [0.2, 0.25) is 0 Å². The minimum Gasteiger partial charge on any atom is -0.456 e. The molecule has 1 aliphatic heterocycles. The number of rotatable bonds is 10. The number of nitrogens with two attached hydrogens (primary N) is 1. The van der Waals surface area contributed by atoms with Crippen molar-refractivity contribution in [3.8, 4) is 11.8 Å².